The Bertz CT molecular complexity index is 1170. The highest BCUT2D eigenvalue weighted by Crippen LogP contribution is 2.30. The topological polar surface area (TPSA) is 87.0 Å². The third-order valence-electron chi connectivity index (χ3n) is 5.12. The van der Waals surface area contributed by atoms with Gasteiger partial charge in [0.25, 0.3) is 0 Å². The Morgan fingerprint density at radius 2 is 2.00 bits per heavy atom. The molecular formula is C19H17F3N8. The summed E-state index contributed by atoms with van der Waals surface area (Å²) in [6, 6.07) is 4.24. The minimum atomic E-state index is -4.44. The van der Waals surface area contributed by atoms with E-state index < -0.39 is 11.7 Å². The average Bonchev–Trinajstić information content (AvgIpc) is 3.43. The molecule has 1 saturated heterocycles. The Hall–Kier alpha value is -3.47. The Morgan fingerprint density at radius 3 is 2.80 bits per heavy atom. The second-order valence-electron chi connectivity index (χ2n) is 7.01. The van der Waals surface area contributed by atoms with Gasteiger partial charge in [-0.1, -0.05) is 0 Å². The number of hydrogen-bond acceptors (Lipinski definition) is 6. The van der Waals surface area contributed by atoms with Crippen LogP contribution in [0, 0.1) is 0 Å². The average molecular weight is 414 g/mol. The fraction of sp³-hybridized carbons (Fsp3) is 0.263. The van der Waals surface area contributed by atoms with Crippen molar-refractivity contribution in [3.63, 3.8) is 0 Å². The zero-order valence-electron chi connectivity index (χ0n) is 15.6. The van der Waals surface area contributed by atoms with Crippen LogP contribution in [0.2, 0.25) is 0 Å². The zero-order valence-corrected chi connectivity index (χ0v) is 15.6. The number of aromatic amines is 1. The number of imidazole rings is 1. The van der Waals surface area contributed by atoms with Gasteiger partial charge in [0.05, 0.1) is 24.0 Å². The van der Waals surface area contributed by atoms with Gasteiger partial charge >= 0.3 is 6.18 Å². The number of piperazine rings is 1. The van der Waals surface area contributed by atoms with Crippen LogP contribution in [0.3, 0.4) is 0 Å². The Balaban J connectivity index is 1.48. The summed E-state index contributed by atoms with van der Waals surface area (Å²) in [6.45, 7) is 2.19. The molecule has 11 heteroatoms. The van der Waals surface area contributed by atoms with Gasteiger partial charge in [0, 0.05) is 43.8 Å². The van der Waals surface area contributed by atoms with Crippen molar-refractivity contribution >= 4 is 11.5 Å². The van der Waals surface area contributed by atoms with E-state index in [1.807, 2.05) is 6.20 Å². The molecule has 0 unspecified atom stereocenters. The van der Waals surface area contributed by atoms with E-state index in [4.69, 9.17) is 0 Å². The van der Waals surface area contributed by atoms with Gasteiger partial charge in [0.1, 0.15) is 17.2 Å². The quantitative estimate of drug-likeness (QED) is 0.536. The number of fused-ring (bicyclic) bond motifs is 1. The van der Waals surface area contributed by atoms with Gasteiger partial charge in [0.2, 0.25) is 0 Å². The first kappa shape index (κ1) is 18.6. The molecule has 0 bridgehead atoms. The van der Waals surface area contributed by atoms with Gasteiger partial charge < -0.3 is 10.2 Å². The standard InChI is InChI=1S/C19H17F3N8/c20-19(21,22)13-1-2-16-25-9-15(30(16)10-13)18-24-4-3-17(28-18)29-6-5-23-14(11-29)12-7-26-27-8-12/h1-4,7-10,14,23H,5-6,11H2,(H,26,27)/t14-/m0/s1. The summed E-state index contributed by atoms with van der Waals surface area (Å²) in [4.78, 5) is 15.2. The fourth-order valence-corrected chi connectivity index (χ4v) is 3.60. The van der Waals surface area contributed by atoms with Crippen molar-refractivity contribution in [2.24, 2.45) is 0 Å². The lowest BCUT2D eigenvalue weighted by molar-refractivity contribution is -0.137. The third-order valence-corrected chi connectivity index (χ3v) is 5.12. The first-order valence-electron chi connectivity index (χ1n) is 9.34. The van der Waals surface area contributed by atoms with Crippen molar-refractivity contribution < 1.29 is 13.2 Å². The van der Waals surface area contributed by atoms with E-state index >= 15 is 0 Å². The molecule has 0 saturated carbocycles. The fourth-order valence-electron chi connectivity index (χ4n) is 3.60. The van der Waals surface area contributed by atoms with Crippen LogP contribution in [-0.2, 0) is 6.18 Å². The van der Waals surface area contributed by atoms with E-state index in [-0.39, 0.29) is 6.04 Å². The summed E-state index contributed by atoms with van der Waals surface area (Å²) >= 11 is 0. The molecule has 154 valence electrons. The minimum absolute atomic E-state index is 0.0982. The van der Waals surface area contributed by atoms with Crippen LogP contribution in [0.15, 0.2) is 49.2 Å². The molecule has 0 aliphatic carbocycles. The van der Waals surface area contributed by atoms with Gasteiger partial charge in [-0.25, -0.2) is 15.0 Å². The molecule has 4 aromatic heterocycles. The maximum Gasteiger partial charge on any atom is 0.417 e. The van der Waals surface area contributed by atoms with Crippen LogP contribution in [0.25, 0.3) is 17.2 Å². The molecule has 5 rings (SSSR count). The van der Waals surface area contributed by atoms with E-state index in [1.54, 1.807) is 18.5 Å². The number of aromatic nitrogens is 6. The lowest BCUT2D eigenvalue weighted by atomic mass is 10.1. The van der Waals surface area contributed by atoms with Crippen LogP contribution in [-0.4, -0.2) is 49.2 Å². The van der Waals surface area contributed by atoms with Crippen LogP contribution < -0.4 is 10.2 Å². The Kier molecular flexibility index (Phi) is 4.39. The zero-order chi connectivity index (χ0) is 20.7. The van der Waals surface area contributed by atoms with E-state index in [9.17, 15) is 13.2 Å². The second kappa shape index (κ2) is 7.10. The predicted molar refractivity (Wildman–Crippen MR) is 103 cm³/mol. The van der Waals surface area contributed by atoms with Crippen molar-refractivity contribution in [3.05, 3.63) is 60.3 Å². The molecule has 0 spiro atoms. The van der Waals surface area contributed by atoms with Gasteiger partial charge in [-0.15, -0.1) is 0 Å². The van der Waals surface area contributed by atoms with Crippen LogP contribution in [0.4, 0.5) is 19.0 Å². The van der Waals surface area contributed by atoms with Crippen LogP contribution in [0.5, 0.6) is 0 Å². The van der Waals surface area contributed by atoms with Crippen molar-refractivity contribution in [2.45, 2.75) is 12.2 Å². The van der Waals surface area contributed by atoms with Crippen LogP contribution >= 0.6 is 0 Å². The highest BCUT2D eigenvalue weighted by molar-refractivity contribution is 5.59. The Morgan fingerprint density at radius 1 is 1.10 bits per heavy atom. The number of H-pyrrole nitrogens is 1. The minimum Gasteiger partial charge on any atom is -0.353 e. The van der Waals surface area contributed by atoms with Crippen molar-refractivity contribution in [3.8, 4) is 11.5 Å². The molecule has 5 heterocycles. The molecule has 1 aliphatic heterocycles. The number of halogens is 3. The molecule has 0 amide bonds. The van der Waals surface area contributed by atoms with E-state index in [0.29, 0.717) is 29.5 Å². The SMILES string of the molecule is FC(F)(F)c1ccc2ncc(-c3nccc(N4CCN[C@H](c5cn[nH]c5)C4)n3)n2c1. The monoisotopic (exact) mass is 414 g/mol. The molecule has 1 aliphatic rings. The number of pyridine rings is 1. The Labute approximate surface area is 168 Å². The first-order chi connectivity index (χ1) is 14.5. The van der Waals surface area contributed by atoms with E-state index in [2.05, 4.69) is 35.4 Å². The molecule has 2 N–H and O–H groups in total. The summed E-state index contributed by atoms with van der Waals surface area (Å²) in [5.74, 6) is 1.02. The first-order valence-corrected chi connectivity index (χ1v) is 9.34. The molecule has 1 fully saturated rings. The van der Waals surface area contributed by atoms with Crippen molar-refractivity contribution in [1.82, 2.24) is 34.9 Å². The molecular weight excluding hydrogens is 397 g/mol. The largest absolute Gasteiger partial charge is 0.417 e. The van der Waals surface area contributed by atoms with E-state index in [1.165, 1.54) is 16.7 Å². The number of nitrogens with one attached hydrogen (secondary N) is 2. The van der Waals surface area contributed by atoms with Gasteiger partial charge in [-0.2, -0.15) is 18.3 Å². The second-order valence-corrected chi connectivity index (χ2v) is 7.01. The third kappa shape index (κ3) is 3.36. The highest BCUT2D eigenvalue weighted by atomic mass is 19.4. The van der Waals surface area contributed by atoms with Gasteiger partial charge in [0.15, 0.2) is 5.82 Å². The molecule has 0 radical (unpaired) electrons. The number of nitrogens with zero attached hydrogens (tertiary/aromatic N) is 6. The summed E-state index contributed by atoms with van der Waals surface area (Å²) in [7, 11) is 0. The molecule has 1 atom stereocenters. The molecule has 8 nitrogen and oxygen atoms in total. The van der Waals surface area contributed by atoms with Gasteiger partial charge in [-0.05, 0) is 18.2 Å². The summed E-state index contributed by atoms with van der Waals surface area (Å²) in [6.07, 6.45) is 3.31. The molecule has 0 aromatic carbocycles. The lowest BCUT2D eigenvalue weighted by Crippen LogP contribution is -2.46. The van der Waals surface area contributed by atoms with Crippen LogP contribution in [0.1, 0.15) is 17.2 Å². The lowest BCUT2D eigenvalue weighted by Gasteiger charge is -2.34. The van der Waals surface area contributed by atoms with Crippen molar-refractivity contribution in [2.75, 3.05) is 24.5 Å². The smallest absolute Gasteiger partial charge is 0.353 e. The summed E-state index contributed by atoms with van der Waals surface area (Å²) < 4.78 is 40.8. The number of anilines is 1. The maximum absolute atomic E-state index is 13.1. The normalized spacial score (nSPS) is 17.6. The van der Waals surface area contributed by atoms with Crippen molar-refractivity contribution in [1.29, 1.82) is 0 Å². The number of hydrogen-bond donors (Lipinski definition) is 2. The molecule has 30 heavy (non-hydrogen) atoms. The summed E-state index contributed by atoms with van der Waals surface area (Å²) in [5, 5.41) is 10.3. The number of alkyl halides is 3. The number of rotatable bonds is 3. The van der Waals surface area contributed by atoms with Gasteiger partial charge in [-0.3, -0.25) is 9.50 Å². The van der Waals surface area contributed by atoms with E-state index in [0.717, 1.165) is 30.9 Å². The predicted octanol–water partition coefficient (Wildman–Crippen LogP) is 2.68. The summed E-state index contributed by atoms with van der Waals surface area (Å²) in [5.41, 5.74) is 1.10. The maximum atomic E-state index is 13.1. The highest BCUT2D eigenvalue weighted by Gasteiger charge is 2.31. The molecule has 4 aromatic rings.